The van der Waals surface area contributed by atoms with Crippen LogP contribution in [0.15, 0.2) is 16.8 Å². The van der Waals surface area contributed by atoms with Gasteiger partial charge in [-0.05, 0) is 44.4 Å². The van der Waals surface area contributed by atoms with Crippen molar-refractivity contribution in [3.05, 3.63) is 11.6 Å². The summed E-state index contributed by atoms with van der Waals surface area (Å²) in [6.45, 7) is 4.44. The number of rotatable bonds is 3. The molecule has 14 heavy (non-hydrogen) atoms. The fraction of sp³-hybridized carbons (Fsp3) is 0.750. The second-order valence-corrected chi connectivity index (χ2v) is 4.04. The van der Waals surface area contributed by atoms with Crippen LogP contribution in [0.1, 0.15) is 52.4 Å². The summed E-state index contributed by atoms with van der Waals surface area (Å²) in [7, 11) is 0. The number of hydrogen-bond donors (Lipinski definition) is 1. The van der Waals surface area contributed by atoms with E-state index in [1.807, 2.05) is 0 Å². The van der Waals surface area contributed by atoms with Crippen molar-refractivity contribution in [1.29, 1.82) is 0 Å². The van der Waals surface area contributed by atoms with E-state index in [1.165, 1.54) is 12.8 Å². The SMILES string of the molecule is CCC(=CC1CCC(=NO)CC1)CC. The van der Waals surface area contributed by atoms with E-state index in [-0.39, 0.29) is 0 Å². The maximum Gasteiger partial charge on any atom is 0.0571 e. The van der Waals surface area contributed by atoms with Gasteiger partial charge in [-0.2, -0.15) is 0 Å². The molecule has 1 rings (SSSR count). The van der Waals surface area contributed by atoms with Gasteiger partial charge in [0, 0.05) is 0 Å². The molecule has 0 atom stereocenters. The Bertz CT molecular complexity index is 214. The van der Waals surface area contributed by atoms with E-state index in [4.69, 9.17) is 5.21 Å². The van der Waals surface area contributed by atoms with Crippen molar-refractivity contribution in [2.45, 2.75) is 52.4 Å². The highest BCUT2D eigenvalue weighted by Crippen LogP contribution is 2.25. The topological polar surface area (TPSA) is 32.6 Å². The Kier molecular flexibility index (Phi) is 4.71. The molecule has 0 unspecified atom stereocenters. The number of oxime groups is 1. The van der Waals surface area contributed by atoms with Gasteiger partial charge in [-0.15, -0.1) is 0 Å². The standard InChI is InChI=1S/C12H21NO/c1-3-10(4-2)9-11-5-7-12(13-14)8-6-11/h9,11,14H,3-8H2,1-2H3. The summed E-state index contributed by atoms with van der Waals surface area (Å²) in [6, 6.07) is 0. The minimum atomic E-state index is 0.718. The fourth-order valence-corrected chi connectivity index (χ4v) is 2.06. The van der Waals surface area contributed by atoms with Crippen LogP contribution >= 0.6 is 0 Å². The number of hydrogen-bond acceptors (Lipinski definition) is 2. The predicted molar refractivity (Wildman–Crippen MR) is 59.8 cm³/mol. The van der Waals surface area contributed by atoms with Gasteiger partial charge in [-0.25, -0.2) is 0 Å². The first-order valence-corrected chi connectivity index (χ1v) is 5.69. The quantitative estimate of drug-likeness (QED) is 0.415. The van der Waals surface area contributed by atoms with E-state index in [9.17, 15) is 0 Å². The van der Waals surface area contributed by atoms with Gasteiger partial charge in [0.1, 0.15) is 0 Å². The van der Waals surface area contributed by atoms with Gasteiger partial charge >= 0.3 is 0 Å². The zero-order valence-electron chi connectivity index (χ0n) is 9.29. The lowest BCUT2D eigenvalue weighted by molar-refractivity contribution is 0.312. The average Bonchev–Trinajstić information content (AvgIpc) is 2.26. The molecule has 1 aliphatic carbocycles. The summed E-state index contributed by atoms with van der Waals surface area (Å²) in [6.07, 6.45) is 9.04. The van der Waals surface area contributed by atoms with Crippen LogP contribution in [0, 0.1) is 5.92 Å². The van der Waals surface area contributed by atoms with Crippen molar-refractivity contribution in [1.82, 2.24) is 0 Å². The highest BCUT2D eigenvalue weighted by atomic mass is 16.4. The maximum absolute atomic E-state index is 8.62. The van der Waals surface area contributed by atoms with E-state index in [0.29, 0.717) is 0 Å². The van der Waals surface area contributed by atoms with Crippen LogP contribution in [0.4, 0.5) is 0 Å². The molecule has 1 saturated carbocycles. The van der Waals surface area contributed by atoms with Crippen molar-refractivity contribution in [3.8, 4) is 0 Å². The Labute approximate surface area is 86.7 Å². The maximum atomic E-state index is 8.62. The lowest BCUT2D eigenvalue weighted by atomic mass is 9.86. The summed E-state index contributed by atoms with van der Waals surface area (Å²) in [5.74, 6) is 0.718. The minimum Gasteiger partial charge on any atom is -0.411 e. The molecular weight excluding hydrogens is 174 g/mol. The highest BCUT2D eigenvalue weighted by Gasteiger charge is 2.16. The Morgan fingerprint density at radius 1 is 1.36 bits per heavy atom. The Morgan fingerprint density at radius 2 is 1.93 bits per heavy atom. The Morgan fingerprint density at radius 3 is 2.36 bits per heavy atom. The molecule has 80 valence electrons. The van der Waals surface area contributed by atoms with Crippen LogP contribution in [0.25, 0.3) is 0 Å². The van der Waals surface area contributed by atoms with E-state index < -0.39 is 0 Å². The number of allylic oxidation sites excluding steroid dienone is 2. The predicted octanol–water partition coefficient (Wildman–Crippen LogP) is 3.75. The molecule has 0 radical (unpaired) electrons. The largest absolute Gasteiger partial charge is 0.411 e. The number of nitrogens with zero attached hydrogens (tertiary/aromatic N) is 1. The second-order valence-electron chi connectivity index (χ2n) is 4.04. The third kappa shape index (κ3) is 3.17. The molecule has 0 aliphatic heterocycles. The van der Waals surface area contributed by atoms with Gasteiger partial charge < -0.3 is 5.21 Å². The first-order chi connectivity index (χ1) is 6.80. The van der Waals surface area contributed by atoms with Crippen LogP contribution in [0.2, 0.25) is 0 Å². The molecule has 1 fully saturated rings. The lowest BCUT2D eigenvalue weighted by Crippen LogP contribution is -2.12. The summed E-state index contributed by atoms with van der Waals surface area (Å²) in [5, 5.41) is 11.9. The van der Waals surface area contributed by atoms with Crippen LogP contribution in [0.3, 0.4) is 0 Å². The van der Waals surface area contributed by atoms with Crippen LogP contribution in [-0.2, 0) is 0 Å². The van der Waals surface area contributed by atoms with E-state index >= 15 is 0 Å². The second kappa shape index (κ2) is 5.84. The minimum absolute atomic E-state index is 0.718. The summed E-state index contributed by atoms with van der Waals surface area (Å²) < 4.78 is 0. The van der Waals surface area contributed by atoms with Gasteiger partial charge in [0.2, 0.25) is 0 Å². The Balaban J connectivity index is 2.45. The Hall–Kier alpha value is -0.790. The highest BCUT2D eigenvalue weighted by molar-refractivity contribution is 5.84. The molecule has 0 spiro atoms. The van der Waals surface area contributed by atoms with Gasteiger partial charge in [-0.1, -0.05) is 30.7 Å². The molecule has 0 aromatic heterocycles. The fourth-order valence-electron chi connectivity index (χ4n) is 2.06. The average molecular weight is 195 g/mol. The molecule has 1 aliphatic rings. The summed E-state index contributed by atoms with van der Waals surface area (Å²) in [5.41, 5.74) is 2.54. The third-order valence-electron chi connectivity index (χ3n) is 3.13. The molecule has 0 bridgehead atoms. The summed E-state index contributed by atoms with van der Waals surface area (Å²) in [4.78, 5) is 0. The molecule has 2 nitrogen and oxygen atoms in total. The van der Waals surface area contributed by atoms with Crippen LogP contribution in [-0.4, -0.2) is 10.9 Å². The zero-order valence-corrected chi connectivity index (χ0v) is 9.29. The molecule has 2 heteroatoms. The van der Waals surface area contributed by atoms with Crippen molar-refractivity contribution in [2.24, 2.45) is 11.1 Å². The monoisotopic (exact) mass is 195 g/mol. The summed E-state index contributed by atoms with van der Waals surface area (Å²) >= 11 is 0. The molecule has 0 amide bonds. The third-order valence-corrected chi connectivity index (χ3v) is 3.13. The molecular formula is C12H21NO. The van der Waals surface area contributed by atoms with Crippen molar-refractivity contribution >= 4 is 5.71 Å². The van der Waals surface area contributed by atoms with Crippen LogP contribution < -0.4 is 0 Å². The van der Waals surface area contributed by atoms with E-state index in [0.717, 1.165) is 37.3 Å². The van der Waals surface area contributed by atoms with E-state index in [1.54, 1.807) is 5.57 Å². The van der Waals surface area contributed by atoms with Gasteiger partial charge in [0.25, 0.3) is 0 Å². The zero-order chi connectivity index (χ0) is 10.4. The van der Waals surface area contributed by atoms with Gasteiger partial charge in [0.15, 0.2) is 0 Å². The lowest BCUT2D eigenvalue weighted by Gasteiger charge is -2.20. The van der Waals surface area contributed by atoms with E-state index in [2.05, 4.69) is 25.1 Å². The molecule has 0 aromatic carbocycles. The van der Waals surface area contributed by atoms with Crippen molar-refractivity contribution in [3.63, 3.8) is 0 Å². The molecule has 1 N–H and O–H groups in total. The van der Waals surface area contributed by atoms with Crippen molar-refractivity contribution < 1.29 is 5.21 Å². The van der Waals surface area contributed by atoms with Crippen LogP contribution in [0.5, 0.6) is 0 Å². The first-order valence-electron chi connectivity index (χ1n) is 5.69. The molecule has 0 aromatic rings. The smallest absolute Gasteiger partial charge is 0.0571 e. The normalized spacial score (nSPS) is 21.9. The first kappa shape index (κ1) is 11.3. The van der Waals surface area contributed by atoms with Gasteiger partial charge in [0.05, 0.1) is 5.71 Å². The molecule has 0 saturated heterocycles. The van der Waals surface area contributed by atoms with Crippen molar-refractivity contribution in [2.75, 3.05) is 0 Å². The molecule has 0 heterocycles. The van der Waals surface area contributed by atoms with Gasteiger partial charge in [-0.3, -0.25) is 0 Å².